The average molecular weight is 953 g/mol. The van der Waals surface area contributed by atoms with Crippen LogP contribution in [0.25, 0.3) is 0 Å². The number of aliphatic hydroxyl groups is 2. The standard InChI is InChI=1S/C62H113NO5/c1-4-7-10-13-16-19-22-25-28-30-31-34-37-40-43-46-49-52-55-62(67)68-58(53-50-47-44-41-38-35-33-29-26-23-20-17-14-11-8-5-2)56-61(66)63-59(57-64)60(65)54-51-48-45-42-39-36-32-27-24-21-18-15-12-9-6-3/h22,25,28-31,33-35,38,58-60,64-65H,4-21,23-24,26-27,32,36-37,39-57H2,1-3H3,(H,63,66)/b25-22+,30-28+,33-29+,34-31+,38-35+. The molecular formula is C62H113NO5. The van der Waals surface area contributed by atoms with Gasteiger partial charge in [0.05, 0.1) is 25.2 Å². The van der Waals surface area contributed by atoms with Crippen LogP contribution >= 0.6 is 0 Å². The van der Waals surface area contributed by atoms with Crippen molar-refractivity contribution in [2.75, 3.05) is 6.61 Å². The maximum atomic E-state index is 13.3. The van der Waals surface area contributed by atoms with Crippen LogP contribution in [0.1, 0.15) is 297 Å². The zero-order valence-corrected chi connectivity index (χ0v) is 45.2. The van der Waals surface area contributed by atoms with Crippen LogP contribution in [0.5, 0.6) is 0 Å². The Hall–Kier alpha value is -2.44. The molecule has 0 spiro atoms. The predicted molar refractivity (Wildman–Crippen MR) is 296 cm³/mol. The van der Waals surface area contributed by atoms with E-state index in [0.717, 1.165) is 89.9 Å². The molecule has 0 radical (unpaired) electrons. The van der Waals surface area contributed by atoms with Gasteiger partial charge in [0.15, 0.2) is 0 Å². The number of hydrogen-bond acceptors (Lipinski definition) is 5. The van der Waals surface area contributed by atoms with Crippen molar-refractivity contribution in [3.8, 4) is 0 Å². The van der Waals surface area contributed by atoms with Crippen molar-refractivity contribution < 1.29 is 24.5 Å². The summed E-state index contributed by atoms with van der Waals surface area (Å²) in [5.74, 6) is -0.515. The molecule has 3 unspecified atom stereocenters. The van der Waals surface area contributed by atoms with E-state index in [9.17, 15) is 19.8 Å². The van der Waals surface area contributed by atoms with Crippen LogP contribution < -0.4 is 5.32 Å². The predicted octanol–water partition coefficient (Wildman–Crippen LogP) is 18.4. The monoisotopic (exact) mass is 952 g/mol. The first kappa shape index (κ1) is 65.6. The molecule has 68 heavy (non-hydrogen) atoms. The summed E-state index contributed by atoms with van der Waals surface area (Å²) in [4.78, 5) is 26.3. The Labute approximate surface area is 422 Å². The van der Waals surface area contributed by atoms with Gasteiger partial charge in [0, 0.05) is 6.42 Å². The topological polar surface area (TPSA) is 95.9 Å². The fourth-order valence-electron chi connectivity index (χ4n) is 8.89. The van der Waals surface area contributed by atoms with E-state index in [1.807, 2.05) is 0 Å². The molecule has 0 aromatic rings. The maximum Gasteiger partial charge on any atom is 0.306 e. The number of nitrogens with one attached hydrogen (secondary N) is 1. The van der Waals surface area contributed by atoms with Crippen molar-refractivity contribution in [2.24, 2.45) is 0 Å². The summed E-state index contributed by atoms with van der Waals surface area (Å²) in [7, 11) is 0. The molecule has 6 heteroatoms. The fraction of sp³-hybridized carbons (Fsp3) is 0.806. The second-order valence-electron chi connectivity index (χ2n) is 20.1. The smallest absolute Gasteiger partial charge is 0.306 e. The lowest BCUT2D eigenvalue weighted by atomic mass is 10.0. The molecule has 1 amide bonds. The molecule has 0 aromatic carbocycles. The van der Waals surface area contributed by atoms with Gasteiger partial charge in [-0.05, 0) is 77.0 Å². The second kappa shape index (κ2) is 55.5. The highest BCUT2D eigenvalue weighted by atomic mass is 16.5. The summed E-state index contributed by atoms with van der Waals surface area (Å²) in [6.45, 7) is 6.48. The number of amides is 1. The summed E-state index contributed by atoms with van der Waals surface area (Å²) in [5, 5.41) is 23.9. The van der Waals surface area contributed by atoms with E-state index in [-0.39, 0.29) is 24.9 Å². The lowest BCUT2D eigenvalue weighted by Crippen LogP contribution is -2.46. The Morgan fingerprint density at radius 2 is 0.750 bits per heavy atom. The van der Waals surface area contributed by atoms with E-state index in [4.69, 9.17) is 4.74 Å². The highest BCUT2D eigenvalue weighted by Gasteiger charge is 2.24. The number of carbonyl (C=O) groups is 2. The Balaban J connectivity index is 4.64. The first-order valence-corrected chi connectivity index (χ1v) is 29.6. The third-order valence-corrected chi connectivity index (χ3v) is 13.4. The molecule has 6 nitrogen and oxygen atoms in total. The summed E-state index contributed by atoms with van der Waals surface area (Å²) in [6, 6.07) is -0.717. The number of allylic oxidation sites excluding steroid dienone is 10. The van der Waals surface area contributed by atoms with Crippen molar-refractivity contribution in [3.63, 3.8) is 0 Å². The van der Waals surface area contributed by atoms with E-state index in [2.05, 4.69) is 86.8 Å². The Morgan fingerprint density at radius 3 is 1.15 bits per heavy atom. The molecule has 0 saturated heterocycles. The largest absolute Gasteiger partial charge is 0.462 e. The van der Waals surface area contributed by atoms with E-state index in [1.165, 1.54) is 161 Å². The van der Waals surface area contributed by atoms with Crippen LogP contribution in [-0.2, 0) is 14.3 Å². The number of aliphatic hydroxyl groups excluding tert-OH is 2. The van der Waals surface area contributed by atoms with Crippen LogP contribution in [0, 0.1) is 0 Å². The molecule has 3 atom stereocenters. The quantitative estimate of drug-likeness (QED) is 0.0321. The van der Waals surface area contributed by atoms with E-state index in [0.29, 0.717) is 19.3 Å². The number of unbranched alkanes of at least 4 members (excludes halogenated alkanes) is 34. The van der Waals surface area contributed by atoms with Crippen molar-refractivity contribution in [1.29, 1.82) is 0 Å². The molecule has 0 aliphatic carbocycles. The van der Waals surface area contributed by atoms with Crippen LogP contribution in [-0.4, -0.2) is 46.9 Å². The summed E-state index contributed by atoms with van der Waals surface area (Å²) >= 11 is 0. The third-order valence-electron chi connectivity index (χ3n) is 13.4. The van der Waals surface area contributed by atoms with Crippen LogP contribution in [0.4, 0.5) is 0 Å². The van der Waals surface area contributed by atoms with Crippen LogP contribution in [0.2, 0.25) is 0 Å². The highest BCUT2D eigenvalue weighted by molar-refractivity contribution is 5.77. The average Bonchev–Trinajstić information content (AvgIpc) is 3.33. The number of ether oxygens (including phenoxy) is 1. The number of hydrogen-bond donors (Lipinski definition) is 3. The van der Waals surface area contributed by atoms with Crippen molar-refractivity contribution in [3.05, 3.63) is 60.8 Å². The van der Waals surface area contributed by atoms with Crippen molar-refractivity contribution >= 4 is 11.9 Å². The molecule has 0 aliphatic rings. The van der Waals surface area contributed by atoms with Gasteiger partial charge in [-0.15, -0.1) is 0 Å². The fourth-order valence-corrected chi connectivity index (χ4v) is 8.89. The molecule has 0 saturated carbocycles. The maximum absolute atomic E-state index is 13.3. The van der Waals surface area contributed by atoms with E-state index < -0.39 is 18.2 Å². The zero-order chi connectivity index (χ0) is 49.5. The van der Waals surface area contributed by atoms with Crippen LogP contribution in [0.3, 0.4) is 0 Å². The van der Waals surface area contributed by atoms with Gasteiger partial charge in [-0.2, -0.15) is 0 Å². The minimum Gasteiger partial charge on any atom is -0.462 e. The van der Waals surface area contributed by atoms with Gasteiger partial charge < -0.3 is 20.3 Å². The Bertz CT molecular complexity index is 1210. The van der Waals surface area contributed by atoms with Crippen molar-refractivity contribution in [2.45, 2.75) is 315 Å². The molecule has 3 N–H and O–H groups in total. The zero-order valence-electron chi connectivity index (χ0n) is 45.2. The van der Waals surface area contributed by atoms with E-state index >= 15 is 0 Å². The Kier molecular flexibility index (Phi) is 53.5. The first-order chi connectivity index (χ1) is 33.5. The van der Waals surface area contributed by atoms with Gasteiger partial charge in [0.25, 0.3) is 0 Å². The molecule has 0 fully saturated rings. The van der Waals surface area contributed by atoms with Crippen LogP contribution in [0.15, 0.2) is 60.8 Å². The van der Waals surface area contributed by atoms with E-state index in [1.54, 1.807) is 0 Å². The molecule has 0 heterocycles. The summed E-state index contributed by atoms with van der Waals surface area (Å²) in [6.07, 6.45) is 70.0. The minimum absolute atomic E-state index is 0.0511. The summed E-state index contributed by atoms with van der Waals surface area (Å²) < 4.78 is 5.95. The highest BCUT2D eigenvalue weighted by Crippen LogP contribution is 2.18. The van der Waals surface area contributed by atoms with Gasteiger partial charge >= 0.3 is 5.97 Å². The second-order valence-corrected chi connectivity index (χ2v) is 20.1. The molecule has 396 valence electrons. The third kappa shape index (κ3) is 50.0. The van der Waals surface area contributed by atoms with Crippen molar-refractivity contribution in [1.82, 2.24) is 5.32 Å². The number of esters is 1. The molecular weight excluding hydrogens is 839 g/mol. The van der Waals surface area contributed by atoms with Gasteiger partial charge in [-0.3, -0.25) is 9.59 Å². The lowest BCUT2D eigenvalue weighted by Gasteiger charge is -2.24. The van der Waals surface area contributed by atoms with Gasteiger partial charge in [-0.25, -0.2) is 0 Å². The number of rotatable bonds is 53. The normalized spacial score (nSPS) is 13.5. The Morgan fingerprint density at radius 1 is 0.426 bits per heavy atom. The lowest BCUT2D eigenvalue weighted by molar-refractivity contribution is -0.151. The van der Waals surface area contributed by atoms with Gasteiger partial charge in [0.1, 0.15) is 6.10 Å². The number of carbonyl (C=O) groups excluding carboxylic acids is 2. The molecule has 0 aliphatic heterocycles. The van der Waals surface area contributed by atoms with Gasteiger partial charge in [0.2, 0.25) is 5.91 Å². The SMILES string of the molecule is CCCCCCC/C=C/C=C/C=C/CCCCCCCC(=O)OC(CCCCC/C=C/C=C/CCCCCCCCC)CC(=O)NC(CO)C(O)CCCCCCCCCCCCCCCCC. The summed E-state index contributed by atoms with van der Waals surface area (Å²) in [5.41, 5.74) is 0. The molecule has 0 aromatic heterocycles. The van der Waals surface area contributed by atoms with Gasteiger partial charge in [-0.1, -0.05) is 268 Å². The minimum atomic E-state index is -0.801. The molecule has 0 bridgehead atoms. The molecule has 0 rings (SSSR count). The first-order valence-electron chi connectivity index (χ1n) is 29.6.